The van der Waals surface area contributed by atoms with Gasteiger partial charge in [-0.15, -0.1) is 11.5 Å². The number of anilines is 1. The van der Waals surface area contributed by atoms with E-state index in [9.17, 15) is 14.4 Å². The molecule has 4 N–H and O–H groups in total. The first-order chi connectivity index (χ1) is 31.8. The Kier molecular flexibility index (Phi) is 20.5. The zero-order chi connectivity index (χ0) is 49.5. The maximum absolute atomic E-state index is 15.1. The van der Waals surface area contributed by atoms with Crippen LogP contribution in [0.1, 0.15) is 83.7 Å². The molecule has 0 fully saturated rings. The van der Waals surface area contributed by atoms with Crippen molar-refractivity contribution in [1.29, 1.82) is 0 Å². The zero-order valence-electron chi connectivity index (χ0n) is 39.7. The molecule has 0 unspecified atom stereocenters. The summed E-state index contributed by atoms with van der Waals surface area (Å²) in [6, 6.07) is 20.6. The molecule has 0 aliphatic heterocycles. The SMILES string of the molecule is CC[Si](C#CC[C@@H](NC(=O)OC(C)(C)C)C(=O)N[C@@H](C(=O)N[C@@H](COCc1ccccc1)c1cc(OC)c(OC)c(-c2cccc(Br)c2NC(C)=O)c1)c1cc(Cl)c(OC)c(Cl)c1)(CC)CC. The van der Waals surface area contributed by atoms with Gasteiger partial charge in [0, 0.05) is 28.9 Å². The third kappa shape index (κ3) is 15.1. The van der Waals surface area contributed by atoms with Crippen LogP contribution in [0.2, 0.25) is 28.2 Å². The van der Waals surface area contributed by atoms with Crippen LogP contribution >= 0.6 is 39.1 Å². The van der Waals surface area contributed by atoms with E-state index in [-0.39, 0.29) is 46.9 Å². The third-order valence-electron chi connectivity index (χ3n) is 11.0. The van der Waals surface area contributed by atoms with Crippen LogP contribution in [0.3, 0.4) is 0 Å². The molecule has 360 valence electrons. The molecule has 13 nitrogen and oxygen atoms in total. The minimum Gasteiger partial charge on any atom is -0.494 e. The second-order valence-electron chi connectivity index (χ2n) is 16.7. The van der Waals surface area contributed by atoms with Gasteiger partial charge < -0.3 is 45.0 Å². The highest BCUT2D eigenvalue weighted by molar-refractivity contribution is 9.10. The Hall–Kier alpha value is -5.24. The predicted molar refractivity (Wildman–Crippen MR) is 271 cm³/mol. The lowest BCUT2D eigenvalue weighted by atomic mass is 9.96. The van der Waals surface area contributed by atoms with E-state index in [1.54, 1.807) is 32.9 Å². The lowest BCUT2D eigenvalue weighted by Gasteiger charge is -2.28. The van der Waals surface area contributed by atoms with E-state index in [1.807, 2.05) is 48.5 Å². The van der Waals surface area contributed by atoms with E-state index in [0.29, 0.717) is 38.3 Å². The molecule has 3 atom stereocenters. The molecule has 0 aliphatic carbocycles. The molecule has 0 spiro atoms. The van der Waals surface area contributed by atoms with Gasteiger partial charge in [-0.1, -0.05) is 86.4 Å². The molecule has 0 aromatic heterocycles. The number of hydrogen-bond acceptors (Lipinski definition) is 9. The molecular formula is C50H61BrCl2N4O9Si. The number of para-hydroxylation sites is 1. The smallest absolute Gasteiger partial charge is 0.408 e. The van der Waals surface area contributed by atoms with Gasteiger partial charge in [-0.2, -0.15) is 0 Å². The lowest BCUT2D eigenvalue weighted by Crippen LogP contribution is -2.51. The van der Waals surface area contributed by atoms with Crippen molar-refractivity contribution in [3.05, 3.63) is 104 Å². The molecule has 4 amide bonds. The van der Waals surface area contributed by atoms with Crippen molar-refractivity contribution in [2.45, 2.75) is 103 Å². The summed E-state index contributed by atoms with van der Waals surface area (Å²) in [4.78, 5) is 55.3. The van der Waals surface area contributed by atoms with Gasteiger partial charge in [-0.05, 0) is 102 Å². The Bertz CT molecular complexity index is 2410. The van der Waals surface area contributed by atoms with Crippen LogP contribution < -0.4 is 35.5 Å². The number of nitrogens with one attached hydrogen (secondary N) is 4. The summed E-state index contributed by atoms with van der Waals surface area (Å²) in [5.74, 6) is 2.36. The molecule has 67 heavy (non-hydrogen) atoms. The number of amides is 4. The summed E-state index contributed by atoms with van der Waals surface area (Å²) < 4.78 is 29.6. The summed E-state index contributed by atoms with van der Waals surface area (Å²) in [6.45, 7) is 13.1. The fraction of sp³-hybridized carbons (Fsp3) is 0.400. The van der Waals surface area contributed by atoms with Crippen LogP contribution in [0.15, 0.2) is 77.3 Å². The number of methoxy groups -OCH3 is 3. The van der Waals surface area contributed by atoms with Crippen LogP contribution in [0.5, 0.6) is 17.2 Å². The Morgan fingerprint density at radius 1 is 0.761 bits per heavy atom. The van der Waals surface area contributed by atoms with E-state index in [2.05, 4.69) is 69.4 Å². The van der Waals surface area contributed by atoms with E-state index in [1.165, 1.54) is 40.4 Å². The quantitative estimate of drug-likeness (QED) is 0.0499. The van der Waals surface area contributed by atoms with Crippen molar-refractivity contribution in [2.24, 2.45) is 0 Å². The Balaban J connectivity index is 1.88. The van der Waals surface area contributed by atoms with Crippen LogP contribution in [0.25, 0.3) is 11.1 Å². The number of hydrogen-bond donors (Lipinski definition) is 4. The highest BCUT2D eigenvalue weighted by atomic mass is 79.9. The van der Waals surface area contributed by atoms with Gasteiger partial charge in [0.15, 0.2) is 17.2 Å². The first-order valence-electron chi connectivity index (χ1n) is 21.9. The summed E-state index contributed by atoms with van der Waals surface area (Å²) in [6.07, 6.45) is -0.887. The Labute approximate surface area is 413 Å². The molecule has 17 heteroatoms. The highest BCUT2D eigenvalue weighted by Crippen LogP contribution is 2.45. The molecule has 4 rings (SSSR count). The molecule has 0 radical (unpaired) electrons. The van der Waals surface area contributed by atoms with Gasteiger partial charge in [-0.25, -0.2) is 4.79 Å². The zero-order valence-corrected chi connectivity index (χ0v) is 43.8. The normalized spacial score (nSPS) is 12.6. The molecular weight excluding hydrogens is 979 g/mol. The largest absolute Gasteiger partial charge is 0.494 e. The summed E-state index contributed by atoms with van der Waals surface area (Å²) in [5, 5.41) is 11.7. The van der Waals surface area contributed by atoms with Crippen LogP contribution in [0, 0.1) is 11.5 Å². The number of rotatable bonds is 20. The predicted octanol–water partition coefficient (Wildman–Crippen LogP) is 11.0. The van der Waals surface area contributed by atoms with Crippen LogP contribution in [0.4, 0.5) is 10.5 Å². The summed E-state index contributed by atoms with van der Waals surface area (Å²) in [5.41, 5.74) is 5.85. The summed E-state index contributed by atoms with van der Waals surface area (Å²) in [7, 11) is 2.45. The number of carbonyl (C=O) groups excluding carboxylic acids is 4. The maximum Gasteiger partial charge on any atom is 0.408 e. The van der Waals surface area contributed by atoms with Crippen LogP contribution in [-0.2, 0) is 30.5 Å². The molecule has 0 saturated heterocycles. The fourth-order valence-corrected chi connectivity index (χ4v) is 10.9. The fourth-order valence-electron chi connectivity index (χ4n) is 7.28. The average Bonchev–Trinajstić information content (AvgIpc) is 3.28. The second kappa shape index (κ2) is 25.2. The summed E-state index contributed by atoms with van der Waals surface area (Å²) >= 11 is 16.9. The number of halogens is 3. The molecule has 0 heterocycles. The first kappa shape index (κ1) is 54.4. The average molecular weight is 1040 g/mol. The number of benzene rings is 4. The number of alkyl carbamates (subject to hydrolysis) is 1. The van der Waals surface area contributed by atoms with Gasteiger partial charge in [0.1, 0.15) is 25.8 Å². The van der Waals surface area contributed by atoms with Crippen molar-refractivity contribution < 1.29 is 42.9 Å². The molecule has 0 saturated carbocycles. The molecule has 4 aromatic carbocycles. The standard InChI is InChI=1S/C50H61BrCl2N4O9Si/c1-11-67(12-2,13-3)24-18-23-40(56-49(61)66-50(5,6)7)47(59)57-43(34-26-38(52)46(64-10)39(53)27-34)48(60)55-41(30-65-29-32-19-15-14-16-20-32)33-25-36(45(63-9)42(28-33)62-8)35-21-17-22-37(51)44(35)54-31(4)58/h14-17,19-22,25-28,40-41,43H,11-13,23,29-30H2,1-10H3,(H,54,58)(H,55,60)(H,56,61)(H,57,59)/t40-,41+,43-/m1/s1. The van der Waals surface area contributed by atoms with E-state index in [0.717, 1.165) is 23.7 Å². The first-order valence-corrected chi connectivity index (χ1v) is 26.1. The second-order valence-corrected chi connectivity index (χ2v) is 23.3. The minimum atomic E-state index is -1.95. The maximum atomic E-state index is 15.1. The highest BCUT2D eigenvalue weighted by Gasteiger charge is 2.33. The molecule has 4 aromatic rings. The minimum absolute atomic E-state index is 0.0568. The Morgan fingerprint density at radius 3 is 1.97 bits per heavy atom. The van der Waals surface area contributed by atoms with Gasteiger partial charge in [0.05, 0.1) is 56.3 Å². The monoisotopic (exact) mass is 1040 g/mol. The Morgan fingerprint density at radius 2 is 1.40 bits per heavy atom. The van der Waals surface area contributed by atoms with Crippen LogP contribution in [-0.4, -0.2) is 71.5 Å². The van der Waals surface area contributed by atoms with Gasteiger partial charge >= 0.3 is 6.09 Å². The van der Waals surface area contributed by atoms with E-state index < -0.39 is 49.7 Å². The van der Waals surface area contributed by atoms with E-state index in [4.69, 9.17) is 46.9 Å². The van der Waals surface area contributed by atoms with E-state index >= 15 is 4.79 Å². The van der Waals surface area contributed by atoms with Crippen molar-refractivity contribution in [3.8, 4) is 39.8 Å². The van der Waals surface area contributed by atoms with Gasteiger partial charge in [0.2, 0.25) is 17.7 Å². The van der Waals surface area contributed by atoms with Crippen molar-refractivity contribution >= 4 is 76.7 Å². The number of ether oxygens (including phenoxy) is 5. The van der Waals surface area contributed by atoms with Crippen molar-refractivity contribution in [1.82, 2.24) is 16.0 Å². The third-order valence-corrected chi connectivity index (χ3v) is 17.0. The molecule has 0 bridgehead atoms. The van der Waals surface area contributed by atoms with Crippen molar-refractivity contribution in [2.75, 3.05) is 33.3 Å². The molecule has 0 aliphatic rings. The lowest BCUT2D eigenvalue weighted by molar-refractivity contribution is -0.130. The van der Waals surface area contributed by atoms with Gasteiger partial charge in [0.25, 0.3) is 0 Å². The van der Waals surface area contributed by atoms with Crippen molar-refractivity contribution in [3.63, 3.8) is 0 Å². The number of carbonyl (C=O) groups is 4. The van der Waals surface area contributed by atoms with Gasteiger partial charge in [-0.3, -0.25) is 14.4 Å². The topological polar surface area (TPSA) is 163 Å².